The molecule has 2 atom stereocenters. The molecule has 0 bridgehead atoms. The molecule has 0 aliphatic rings. The molecule has 9 nitrogen and oxygen atoms in total. The van der Waals surface area contributed by atoms with Crippen LogP contribution in [0.15, 0.2) is 170 Å². The molecule has 0 spiro atoms. The molecule has 0 N–H and O–H groups in total. The number of allylic oxidation sites excluding steroid dienone is 28. The van der Waals surface area contributed by atoms with Crippen molar-refractivity contribution in [1.82, 2.24) is 0 Å². The molecule has 0 rings (SSSR count). The molecule has 0 radical (unpaired) electrons. The third-order valence-corrected chi connectivity index (χ3v) is 13.7. The van der Waals surface area contributed by atoms with Crippen LogP contribution in [-0.2, 0) is 32.7 Å². The van der Waals surface area contributed by atoms with Crippen LogP contribution in [0, 0.1) is 0 Å². The van der Waals surface area contributed by atoms with Crippen LogP contribution in [0.3, 0.4) is 0 Å². The van der Waals surface area contributed by atoms with E-state index in [4.69, 9.17) is 18.5 Å². The third kappa shape index (κ3) is 64.5. The van der Waals surface area contributed by atoms with Gasteiger partial charge in [0.05, 0.1) is 27.7 Å². The summed E-state index contributed by atoms with van der Waals surface area (Å²) >= 11 is 0. The van der Waals surface area contributed by atoms with Crippen molar-refractivity contribution in [2.24, 2.45) is 0 Å². The van der Waals surface area contributed by atoms with E-state index >= 15 is 0 Å². The Morgan fingerprint density at radius 1 is 0.378 bits per heavy atom. The molecule has 0 aromatic rings. The minimum Gasteiger partial charge on any atom is -0.756 e. The van der Waals surface area contributed by atoms with Crippen molar-refractivity contribution < 1.29 is 42.1 Å². The molecule has 0 aromatic carbocycles. The van der Waals surface area contributed by atoms with E-state index in [1.54, 1.807) is 0 Å². The van der Waals surface area contributed by atoms with E-state index in [0.29, 0.717) is 23.9 Å². The zero-order valence-electron chi connectivity index (χ0n) is 52.4. The van der Waals surface area contributed by atoms with Crippen molar-refractivity contribution in [2.45, 2.75) is 225 Å². The fraction of sp³-hybridized carbons (Fsp3) is 0.583. The van der Waals surface area contributed by atoms with Crippen LogP contribution in [-0.4, -0.2) is 70.0 Å². The van der Waals surface area contributed by atoms with Crippen molar-refractivity contribution in [3.63, 3.8) is 0 Å². The zero-order valence-corrected chi connectivity index (χ0v) is 53.3. The Labute approximate surface area is 502 Å². The van der Waals surface area contributed by atoms with E-state index in [1.807, 2.05) is 21.1 Å². The number of carbonyl (C=O) groups is 2. The number of nitrogens with zero attached hydrogens (tertiary/aromatic N) is 1. The van der Waals surface area contributed by atoms with E-state index in [-0.39, 0.29) is 26.1 Å². The highest BCUT2D eigenvalue weighted by Crippen LogP contribution is 2.38. The van der Waals surface area contributed by atoms with Gasteiger partial charge in [0.25, 0.3) is 7.82 Å². The molecule has 0 heterocycles. The number of likely N-dealkylation sites (N-methyl/N-ethyl adjacent to an activating group) is 1. The largest absolute Gasteiger partial charge is 0.756 e. The summed E-state index contributed by atoms with van der Waals surface area (Å²) in [4.78, 5) is 38.0. The van der Waals surface area contributed by atoms with Crippen molar-refractivity contribution in [3.8, 4) is 0 Å². The number of carbonyl (C=O) groups excluding carboxylic acids is 2. The van der Waals surface area contributed by atoms with Gasteiger partial charge in [0.1, 0.15) is 19.8 Å². The molecular weight excluding hydrogens is 1040 g/mol. The second kappa shape index (κ2) is 60.9. The summed E-state index contributed by atoms with van der Waals surface area (Å²) in [5.74, 6) is -0.874. The molecule has 0 saturated carbocycles. The van der Waals surface area contributed by atoms with Gasteiger partial charge < -0.3 is 27.9 Å². The summed E-state index contributed by atoms with van der Waals surface area (Å²) in [5, 5.41) is 0. The number of ether oxygens (including phenoxy) is 2. The molecule has 462 valence electrons. The average Bonchev–Trinajstić information content (AvgIpc) is 3.46. The van der Waals surface area contributed by atoms with Gasteiger partial charge in [-0.05, 0) is 128 Å². The van der Waals surface area contributed by atoms with Gasteiger partial charge in [0, 0.05) is 12.8 Å². The van der Waals surface area contributed by atoms with Crippen molar-refractivity contribution >= 4 is 19.8 Å². The number of phosphoric ester groups is 1. The van der Waals surface area contributed by atoms with Crippen LogP contribution in [0.25, 0.3) is 0 Å². The van der Waals surface area contributed by atoms with Crippen molar-refractivity contribution in [3.05, 3.63) is 170 Å². The highest BCUT2D eigenvalue weighted by molar-refractivity contribution is 7.45. The molecule has 0 aromatic heterocycles. The monoisotopic (exact) mass is 1150 g/mol. The summed E-state index contributed by atoms with van der Waals surface area (Å²) in [6, 6.07) is 0. The highest BCUT2D eigenvalue weighted by Gasteiger charge is 2.22. The maximum Gasteiger partial charge on any atom is 0.306 e. The Hall–Kier alpha value is -4.63. The first kappa shape index (κ1) is 77.4. The van der Waals surface area contributed by atoms with E-state index in [0.717, 1.165) is 154 Å². The summed E-state index contributed by atoms with van der Waals surface area (Å²) in [7, 11) is 1.12. The van der Waals surface area contributed by atoms with E-state index in [9.17, 15) is 19.0 Å². The van der Waals surface area contributed by atoms with E-state index < -0.39 is 32.5 Å². The van der Waals surface area contributed by atoms with Gasteiger partial charge in [-0.15, -0.1) is 0 Å². The van der Waals surface area contributed by atoms with Crippen LogP contribution in [0.5, 0.6) is 0 Å². The van der Waals surface area contributed by atoms with Gasteiger partial charge in [-0.1, -0.05) is 248 Å². The van der Waals surface area contributed by atoms with Crippen LogP contribution < -0.4 is 4.89 Å². The standard InChI is InChI=1S/C72H116NO8P/c1-6-8-10-12-14-16-18-20-22-24-26-28-30-32-34-35-36-37-39-41-43-45-47-49-51-53-55-57-59-61-63-65-72(75)81-70(69-80-82(76,77)79-67-66-73(3,4)5)68-78-71(74)64-62-60-58-56-54-52-50-48-46-44-42-40-38-33-31-29-27-25-23-21-19-17-15-13-11-9-7-2/h8-11,14-17,20-23,26-29,32-34,36-38,41-44,47,49,70H,6-7,12-13,18-19,24-25,30-31,35,39-40,45-46,48,50-69H2,1-5H3/b10-8-,11-9-,16-14-,17-15-,22-20-,23-21-,28-26-,29-27-,34-32-,37-36-,38-33-,43-41-,44-42-,49-47-. The maximum atomic E-state index is 12.8. The normalized spacial score (nSPS) is 14.4. The number of phosphoric acid groups is 1. The Kier molecular flexibility index (Phi) is 57.5. The highest BCUT2D eigenvalue weighted by atomic mass is 31.2. The molecule has 0 aliphatic heterocycles. The number of hydrogen-bond acceptors (Lipinski definition) is 8. The molecular formula is C72H116NO8P. The second-order valence-corrected chi connectivity index (χ2v) is 23.1. The lowest BCUT2D eigenvalue weighted by Gasteiger charge is -2.28. The fourth-order valence-corrected chi connectivity index (χ4v) is 8.64. The third-order valence-electron chi connectivity index (χ3n) is 12.7. The van der Waals surface area contributed by atoms with Crippen molar-refractivity contribution in [2.75, 3.05) is 47.5 Å². The Balaban J connectivity index is 4.24. The molecule has 82 heavy (non-hydrogen) atoms. The molecule has 0 fully saturated rings. The van der Waals surface area contributed by atoms with Gasteiger partial charge in [-0.2, -0.15) is 0 Å². The number of unbranched alkanes of at least 4 members (excludes halogenated alkanes) is 14. The predicted octanol–water partition coefficient (Wildman–Crippen LogP) is 20.0. The van der Waals surface area contributed by atoms with Crippen LogP contribution in [0.2, 0.25) is 0 Å². The summed E-state index contributed by atoms with van der Waals surface area (Å²) in [6.45, 7) is 3.96. The number of rotatable bonds is 56. The van der Waals surface area contributed by atoms with Gasteiger partial charge in [-0.25, -0.2) is 0 Å². The van der Waals surface area contributed by atoms with Gasteiger partial charge in [0.2, 0.25) is 0 Å². The topological polar surface area (TPSA) is 111 Å². The van der Waals surface area contributed by atoms with E-state index in [2.05, 4.69) is 184 Å². The molecule has 0 amide bonds. The minimum absolute atomic E-state index is 0.0457. The van der Waals surface area contributed by atoms with Crippen LogP contribution in [0.1, 0.15) is 219 Å². The number of quaternary nitrogens is 1. The molecule has 0 saturated heterocycles. The summed E-state index contributed by atoms with van der Waals surface area (Å²) in [6.07, 6.45) is 92.6. The lowest BCUT2D eigenvalue weighted by atomic mass is 10.1. The first-order valence-corrected chi connectivity index (χ1v) is 33.3. The Morgan fingerprint density at radius 2 is 0.659 bits per heavy atom. The fourth-order valence-electron chi connectivity index (χ4n) is 7.91. The first-order valence-electron chi connectivity index (χ1n) is 31.8. The number of esters is 2. The number of hydrogen-bond donors (Lipinski definition) is 0. The average molecular weight is 1150 g/mol. The first-order chi connectivity index (χ1) is 40.0. The smallest absolute Gasteiger partial charge is 0.306 e. The molecule has 2 unspecified atom stereocenters. The Morgan fingerprint density at radius 3 is 0.976 bits per heavy atom. The van der Waals surface area contributed by atoms with E-state index in [1.165, 1.54) is 25.7 Å². The van der Waals surface area contributed by atoms with Gasteiger partial charge >= 0.3 is 11.9 Å². The van der Waals surface area contributed by atoms with Crippen molar-refractivity contribution in [1.29, 1.82) is 0 Å². The quantitative estimate of drug-likeness (QED) is 0.0195. The molecule has 10 heteroatoms. The van der Waals surface area contributed by atoms with Crippen LogP contribution in [0.4, 0.5) is 0 Å². The van der Waals surface area contributed by atoms with Gasteiger partial charge in [0.15, 0.2) is 6.10 Å². The minimum atomic E-state index is -4.66. The van der Waals surface area contributed by atoms with Gasteiger partial charge in [-0.3, -0.25) is 14.2 Å². The Bertz CT molecular complexity index is 1990. The summed E-state index contributed by atoms with van der Waals surface area (Å²) < 4.78 is 34.2. The SMILES string of the molecule is CC/C=C\C/C=C\C/C=C\C/C=C\C/C=C\C/C=C\C/C=C\C/C=C\CCCCCCCCC(=O)OC(COC(=O)CCCCCCCCCC/C=C\C/C=C\C/C=C\C/C=C\C/C=C\C/C=C\CC)COP(=O)([O-])OCC[N+](C)(C)C. The van der Waals surface area contributed by atoms with Crippen LogP contribution >= 0.6 is 7.82 Å². The lowest BCUT2D eigenvalue weighted by molar-refractivity contribution is -0.870. The second-order valence-electron chi connectivity index (χ2n) is 21.7. The zero-order chi connectivity index (χ0) is 59.8. The summed E-state index contributed by atoms with van der Waals surface area (Å²) in [5.41, 5.74) is 0. The molecule has 0 aliphatic carbocycles. The maximum absolute atomic E-state index is 12.8. The predicted molar refractivity (Wildman–Crippen MR) is 350 cm³/mol. The lowest BCUT2D eigenvalue weighted by Crippen LogP contribution is -2.37.